The number of rotatable bonds is 12. The highest BCUT2D eigenvalue weighted by Crippen LogP contribution is 2.29. The lowest BCUT2D eigenvalue weighted by atomic mass is 9.92. The third-order valence-electron chi connectivity index (χ3n) is 5.81. The number of ether oxygens (including phenoxy) is 1. The first-order chi connectivity index (χ1) is 16.7. The Morgan fingerprint density at radius 1 is 1.06 bits per heavy atom. The van der Waals surface area contributed by atoms with Crippen molar-refractivity contribution in [2.75, 3.05) is 13.2 Å². The molecule has 3 atom stereocenters. The van der Waals surface area contributed by atoms with Gasteiger partial charge in [0.1, 0.15) is 17.7 Å². The third-order valence-corrected chi connectivity index (χ3v) is 5.81. The van der Waals surface area contributed by atoms with Crippen LogP contribution < -0.4 is 10.6 Å². The fraction of sp³-hybridized carbons (Fsp3) is 0.679. The van der Waals surface area contributed by atoms with Gasteiger partial charge in [0.05, 0.1) is 6.61 Å². The Kier molecular flexibility index (Phi) is 12.4. The van der Waals surface area contributed by atoms with Crippen LogP contribution in [-0.4, -0.2) is 58.8 Å². The predicted molar refractivity (Wildman–Crippen MR) is 143 cm³/mol. The number of alkyl carbamates (subject to hydrolysis) is 1. The van der Waals surface area contributed by atoms with Crippen molar-refractivity contribution in [1.82, 2.24) is 15.5 Å². The second-order valence-electron chi connectivity index (χ2n) is 11.0. The van der Waals surface area contributed by atoms with Crippen LogP contribution in [0.3, 0.4) is 0 Å². The molecule has 0 aliphatic heterocycles. The van der Waals surface area contributed by atoms with E-state index in [4.69, 9.17) is 4.74 Å². The minimum atomic E-state index is -0.958. The SMILES string of the molecule is CCCC(C)NC(=O)C(c1c(C)cccc1C)N(CCO)C(=O)C(CC(C)C)NC(=O)OC(C)(C)C. The average Bonchev–Trinajstić information content (AvgIpc) is 2.72. The normalized spacial score (nSPS) is 14.1. The first kappa shape index (κ1) is 31.4. The lowest BCUT2D eigenvalue weighted by Gasteiger charge is -2.36. The fourth-order valence-electron chi connectivity index (χ4n) is 4.33. The summed E-state index contributed by atoms with van der Waals surface area (Å²) in [5.41, 5.74) is 1.74. The van der Waals surface area contributed by atoms with Crippen LogP contribution in [0.15, 0.2) is 18.2 Å². The third kappa shape index (κ3) is 9.80. The molecule has 0 bridgehead atoms. The molecule has 1 aromatic rings. The summed E-state index contributed by atoms with van der Waals surface area (Å²) in [5.74, 6) is -0.660. The van der Waals surface area contributed by atoms with E-state index >= 15 is 0 Å². The van der Waals surface area contributed by atoms with Crippen LogP contribution in [0.1, 0.15) is 90.5 Å². The largest absolute Gasteiger partial charge is 0.444 e. The van der Waals surface area contributed by atoms with E-state index in [-0.39, 0.29) is 31.0 Å². The Hall–Kier alpha value is -2.61. The maximum absolute atomic E-state index is 14.0. The summed E-state index contributed by atoms with van der Waals surface area (Å²) in [6.45, 7) is 16.6. The van der Waals surface area contributed by atoms with Crippen molar-refractivity contribution in [2.45, 2.75) is 105 Å². The van der Waals surface area contributed by atoms with Crippen molar-refractivity contribution in [3.05, 3.63) is 34.9 Å². The highest BCUT2D eigenvalue weighted by molar-refractivity contribution is 5.92. The van der Waals surface area contributed by atoms with E-state index in [1.54, 1.807) is 20.8 Å². The second kappa shape index (κ2) is 14.2. The molecule has 8 nitrogen and oxygen atoms in total. The smallest absolute Gasteiger partial charge is 0.408 e. The van der Waals surface area contributed by atoms with Crippen LogP contribution in [0.5, 0.6) is 0 Å². The van der Waals surface area contributed by atoms with Gasteiger partial charge >= 0.3 is 6.09 Å². The predicted octanol–water partition coefficient (Wildman–Crippen LogP) is 4.41. The molecule has 36 heavy (non-hydrogen) atoms. The van der Waals surface area contributed by atoms with E-state index in [2.05, 4.69) is 10.6 Å². The van der Waals surface area contributed by atoms with Crippen LogP contribution in [0.25, 0.3) is 0 Å². The number of hydrogen-bond acceptors (Lipinski definition) is 5. The Morgan fingerprint density at radius 3 is 2.11 bits per heavy atom. The number of hydrogen-bond donors (Lipinski definition) is 3. The standard InChI is InChI=1S/C28H47N3O5/c1-10-12-21(6)29-25(33)24(23-19(4)13-11-14-20(23)5)31(15-16-32)26(34)22(17-18(2)3)30-27(35)36-28(7,8)9/h11,13-14,18,21-22,24,32H,10,12,15-17H2,1-9H3,(H,29,33)(H,30,35). The maximum Gasteiger partial charge on any atom is 0.408 e. The van der Waals surface area contributed by atoms with Gasteiger partial charge in [-0.05, 0) is 77.0 Å². The molecule has 1 rings (SSSR count). The van der Waals surface area contributed by atoms with Crippen molar-refractivity contribution in [2.24, 2.45) is 5.92 Å². The van der Waals surface area contributed by atoms with E-state index in [1.165, 1.54) is 4.90 Å². The molecule has 8 heteroatoms. The topological polar surface area (TPSA) is 108 Å². The second-order valence-corrected chi connectivity index (χ2v) is 11.0. The monoisotopic (exact) mass is 505 g/mol. The summed E-state index contributed by atoms with van der Waals surface area (Å²) in [5, 5.41) is 15.7. The Labute approximate surface area is 217 Å². The molecule has 0 aliphatic carbocycles. The van der Waals surface area contributed by atoms with E-state index in [1.807, 2.05) is 59.7 Å². The minimum absolute atomic E-state index is 0.0581. The number of nitrogens with zero attached hydrogens (tertiary/aromatic N) is 1. The summed E-state index contributed by atoms with van der Waals surface area (Å²) in [6, 6.07) is 3.77. The zero-order valence-electron chi connectivity index (χ0n) is 23.6. The molecule has 3 unspecified atom stereocenters. The van der Waals surface area contributed by atoms with Crippen molar-refractivity contribution in [3.8, 4) is 0 Å². The highest BCUT2D eigenvalue weighted by Gasteiger charge is 2.37. The van der Waals surface area contributed by atoms with E-state index in [9.17, 15) is 19.5 Å². The van der Waals surface area contributed by atoms with Crippen LogP contribution in [0.4, 0.5) is 4.79 Å². The maximum atomic E-state index is 14.0. The number of aliphatic hydroxyl groups excluding tert-OH is 1. The minimum Gasteiger partial charge on any atom is -0.444 e. The Morgan fingerprint density at radius 2 is 1.64 bits per heavy atom. The van der Waals surface area contributed by atoms with Gasteiger partial charge in [-0.3, -0.25) is 9.59 Å². The molecule has 0 saturated heterocycles. The van der Waals surface area contributed by atoms with Crippen LogP contribution >= 0.6 is 0 Å². The summed E-state index contributed by atoms with van der Waals surface area (Å²) < 4.78 is 5.40. The first-order valence-corrected chi connectivity index (χ1v) is 13.0. The van der Waals surface area contributed by atoms with Crippen molar-refractivity contribution < 1.29 is 24.2 Å². The molecule has 3 N–H and O–H groups in total. The van der Waals surface area contributed by atoms with E-state index < -0.39 is 29.7 Å². The number of aryl methyl sites for hydroxylation is 2. The summed E-state index contributed by atoms with van der Waals surface area (Å²) in [6.07, 6.45) is 1.36. The molecule has 1 aromatic carbocycles. The molecule has 0 saturated carbocycles. The summed E-state index contributed by atoms with van der Waals surface area (Å²) >= 11 is 0. The number of carbonyl (C=O) groups excluding carboxylic acids is 3. The lowest BCUT2D eigenvalue weighted by molar-refractivity contribution is -0.143. The van der Waals surface area contributed by atoms with Crippen LogP contribution in [0.2, 0.25) is 0 Å². The molecule has 0 spiro atoms. The van der Waals surface area contributed by atoms with Gasteiger partial charge in [0.15, 0.2) is 0 Å². The molecular weight excluding hydrogens is 458 g/mol. The summed E-state index contributed by atoms with van der Waals surface area (Å²) in [4.78, 5) is 41.7. The molecule has 0 aromatic heterocycles. The molecular formula is C28H47N3O5. The number of amides is 3. The van der Waals surface area contributed by atoms with Gasteiger partial charge in [0.25, 0.3) is 0 Å². The van der Waals surface area contributed by atoms with E-state index in [0.717, 1.165) is 29.5 Å². The number of benzene rings is 1. The fourth-order valence-corrected chi connectivity index (χ4v) is 4.33. The lowest BCUT2D eigenvalue weighted by Crippen LogP contribution is -2.54. The molecule has 204 valence electrons. The van der Waals surface area contributed by atoms with Crippen molar-refractivity contribution in [3.63, 3.8) is 0 Å². The number of aliphatic hydroxyl groups is 1. The first-order valence-electron chi connectivity index (χ1n) is 13.0. The zero-order valence-corrected chi connectivity index (χ0v) is 23.6. The quantitative estimate of drug-likeness (QED) is 0.390. The molecule has 0 aliphatic rings. The number of carbonyl (C=O) groups is 3. The van der Waals surface area contributed by atoms with Gasteiger partial charge in [-0.25, -0.2) is 4.79 Å². The van der Waals surface area contributed by atoms with Gasteiger partial charge in [0.2, 0.25) is 11.8 Å². The van der Waals surface area contributed by atoms with Gasteiger partial charge in [-0.1, -0.05) is 45.4 Å². The van der Waals surface area contributed by atoms with Gasteiger partial charge in [-0.2, -0.15) is 0 Å². The molecule has 0 fully saturated rings. The zero-order chi connectivity index (χ0) is 27.6. The average molecular weight is 506 g/mol. The van der Waals surface area contributed by atoms with Crippen molar-refractivity contribution in [1.29, 1.82) is 0 Å². The van der Waals surface area contributed by atoms with Gasteiger partial charge in [0, 0.05) is 12.6 Å². The van der Waals surface area contributed by atoms with Crippen molar-refractivity contribution >= 4 is 17.9 Å². The Balaban J connectivity index is 3.53. The number of nitrogens with one attached hydrogen (secondary N) is 2. The summed E-state index contributed by atoms with van der Waals surface area (Å²) in [7, 11) is 0. The van der Waals surface area contributed by atoms with Gasteiger partial charge in [-0.15, -0.1) is 0 Å². The molecule has 0 radical (unpaired) electrons. The van der Waals surface area contributed by atoms with Crippen LogP contribution in [0, 0.1) is 19.8 Å². The van der Waals surface area contributed by atoms with E-state index in [0.29, 0.717) is 6.42 Å². The van der Waals surface area contributed by atoms with Gasteiger partial charge < -0.3 is 25.4 Å². The highest BCUT2D eigenvalue weighted by atomic mass is 16.6. The molecule has 3 amide bonds. The molecule has 0 heterocycles. The Bertz CT molecular complexity index is 858. The van der Waals surface area contributed by atoms with Crippen LogP contribution in [-0.2, 0) is 14.3 Å².